The summed E-state index contributed by atoms with van der Waals surface area (Å²) in [5.74, 6) is 1.63. The van der Waals surface area contributed by atoms with Gasteiger partial charge in [-0.1, -0.05) is 27.2 Å². The molecular formula is C17H35NO2S. The van der Waals surface area contributed by atoms with Crippen LogP contribution in [0.3, 0.4) is 0 Å². The molecule has 126 valence electrons. The number of nitrogens with one attached hydrogen (secondary N) is 1. The van der Waals surface area contributed by atoms with Crippen molar-refractivity contribution in [1.82, 2.24) is 5.32 Å². The number of sulfone groups is 1. The van der Waals surface area contributed by atoms with Crippen LogP contribution in [0.1, 0.15) is 67.2 Å². The molecule has 1 saturated carbocycles. The van der Waals surface area contributed by atoms with Gasteiger partial charge in [0.1, 0.15) is 0 Å². The van der Waals surface area contributed by atoms with Gasteiger partial charge in [0, 0.05) is 6.04 Å². The second-order valence-corrected chi connectivity index (χ2v) is 11.5. The molecule has 0 aromatic heterocycles. The molecule has 0 saturated heterocycles. The zero-order chi connectivity index (χ0) is 16.5. The number of rotatable bonds is 5. The first-order chi connectivity index (χ1) is 9.40. The summed E-state index contributed by atoms with van der Waals surface area (Å²) in [5, 5.41) is 3.47. The maximum absolute atomic E-state index is 12.4. The third-order valence-corrected chi connectivity index (χ3v) is 8.04. The van der Waals surface area contributed by atoms with Crippen LogP contribution in [0.5, 0.6) is 0 Å². The van der Waals surface area contributed by atoms with Gasteiger partial charge in [-0.15, -0.1) is 0 Å². The Balaban J connectivity index is 2.77. The Morgan fingerprint density at radius 3 is 2.14 bits per heavy atom. The standard InChI is InChI=1S/C17H35NO2S/c1-13-8-9-14(15(12-13)18-7)17(5,6)10-11-21(19,20)16(2,3)4/h13-15,18H,8-12H2,1-7H3. The Morgan fingerprint density at radius 2 is 1.67 bits per heavy atom. The molecule has 0 aromatic rings. The quantitative estimate of drug-likeness (QED) is 0.842. The van der Waals surface area contributed by atoms with Gasteiger partial charge < -0.3 is 5.32 Å². The monoisotopic (exact) mass is 317 g/mol. The predicted molar refractivity (Wildman–Crippen MR) is 91.3 cm³/mol. The molecule has 0 amide bonds. The van der Waals surface area contributed by atoms with E-state index in [2.05, 4.69) is 26.1 Å². The minimum Gasteiger partial charge on any atom is -0.317 e. The van der Waals surface area contributed by atoms with Gasteiger partial charge in [-0.25, -0.2) is 8.42 Å². The van der Waals surface area contributed by atoms with E-state index in [1.807, 2.05) is 7.05 Å². The van der Waals surface area contributed by atoms with E-state index in [0.717, 1.165) is 12.3 Å². The van der Waals surface area contributed by atoms with Gasteiger partial charge in [-0.3, -0.25) is 0 Å². The lowest BCUT2D eigenvalue weighted by Gasteiger charge is -2.44. The summed E-state index contributed by atoms with van der Waals surface area (Å²) >= 11 is 0. The van der Waals surface area contributed by atoms with E-state index < -0.39 is 14.6 Å². The molecule has 0 aromatic carbocycles. The summed E-state index contributed by atoms with van der Waals surface area (Å²) in [6.45, 7) is 12.2. The minimum atomic E-state index is -3.02. The first-order valence-corrected chi connectivity index (χ1v) is 9.95. The molecule has 3 atom stereocenters. The van der Waals surface area contributed by atoms with Gasteiger partial charge in [-0.2, -0.15) is 0 Å². The Hall–Kier alpha value is -0.0900. The Labute approximate surface area is 132 Å². The highest BCUT2D eigenvalue weighted by Gasteiger charge is 2.40. The van der Waals surface area contributed by atoms with Gasteiger partial charge in [-0.05, 0) is 64.3 Å². The fraction of sp³-hybridized carbons (Fsp3) is 1.00. The molecule has 21 heavy (non-hydrogen) atoms. The summed E-state index contributed by atoms with van der Waals surface area (Å²) < 4.78 is 24.1. The fourth-order valence-corrected chi connectivity index (χ4v) is 4.93. The average molecular weight is 318 g/mol. The molecule has 0 spiro atoms. The first kappa shape index (κ1) is 19.0. The topological polar surface area (TPSA) is 46.2 Å². The zero-order valence-corrected chi connectivity index (χ0v) is 15.8. The van der Waals surface area contributed by atoms with E-state index in [1.165, 1.54) is 19.3 Å². The summed E-state index contributed by atoms with van der Waals surface area (Å²) in [4.78, 5) is 0. The molecule has 1 N–H and O–H groups in total. The van der Waals surface area contributed by atoms with Crippen LogP contribution in [0.4, 0.5) is 0 Å². The molecule has 3 nitrogen and oxygen atoms in total. The van der Waals surface area contributed by atoms with E-state index in [9.17, 15) is 8.42 Å². The van der Waals surface area contributed by atoms with E-state index in [-0.39, 0.29) is 5.41 Å². The lowest BCUT2D eigenvalue weighted by atomic mass is 9.65. The van der Waals surface area contributed by atoms with Crippen LogP contribution in [0.25, 0.3) is 0 Å². The van der Waals surface area contributed by atoms with Gasteiger partial charge in [0.2, 0.25) is 0 Å². The molecule has 1 rings (SSSR count). The highest BCUT2D eigenvalue weighted by atomic mass is 32.2. The molecule has 3 unspecified atom stereocenters. The average Bonchev–Trinajstić information content (AvgIpc) is 2.35. The summed E-state index contributed by atoms with van der Waals surface area (Å²) in [6, 6.07) is 0.515. The van der Waals surface area contributed by atoms with Gasteiger partial charge in [0.25, 0.3) is 0 Å². The molecule has 0 heterocycles. The van der Waals surface area contributed by atoms with Crippen LogP contribution in [0.15, 0.2) is 0 Å². The first-order valence-electron chi connectivity index (χ1n) is 8.30. The minimum absolute atomic E-state index is 0.0616. The SMILES string of the molecule is CNC1CC(C)CCC1C(C)(C)CCS(=O)(=O)C(C)(C)C. The predicted octanol–water partition coefficient (Wildman–Crippen LogP) is 3.64. The maximum Gasteiger partial charge on any atom is 0.155 e. The Kier molecular flexibility index (Phi) is 5.93. The summed E-state index contributed by atoms with van der Waals surface area (Å²) in [5.41, 5.74) is 0.0616. The van der Waals surface area contributed by atoms with E-state index >= 15 is 0 Å². The Bertz CT molecular complexity index is 434. The van der Waals surface area contributed by atoms with Gasteiger partial charge >= 0.3 is 0 Å². The van der Waals surface area contributed by atoms with Crippen LogP contribution in [-0.2, 0) is 9.84 Å². The smallest absolute Gasteiger partial charge is 0.155 e. The lowest BCUT2D eigenvalue weighted by molar-refractivity contribution is 0.0951. The molecule has 1 aliphatic carbocycles. The van der Waals surface area contributed by atoms with Crippen LogP contribution in [-0.4, -0.2) is 32.0 Å². The Morgan fingerprint density at radius 1 is 1.10 bits per heavy atom. The largest absolute Gasteiger partial charge is 0.317 e. The van der Waals surface area contributed by atoms with Crippen molar-refractivity contribution in [3.05, 3.63) is 0 Å². The van der Waals surface area contributed by atoms with Crippen molar-refractivity contribution in [1.29, 1.82) is 0 Å². The van der Waals surface area contributed by atoms with Crippen molar-refractivity contribution in [3.8, 4) is 0 Å². The van der Waals surface area contributed by atoms with Crippen molar-refractivity contribution in [2.24, 2.45) is 17.3 Å². The number of hydrogen-bond acceptors (Lipinski definition) is 3. The number of hydrogen-bond donors (Lipinski definition) is 1. The van der Waals surface area contributed by atoms with Crippen LogP contribution in [0, 0.1) is 17.3 Å². The van der Waals surface area contributed by atoms with E-state index in [4.69, 9.17) is 0 Å². The van der Waals surface area contributed by atoms with Crippen LogP contribution >= 0.6 is 0 Å². The molecule has 4 heteroatoms. The third kappa shape index (κ3) is 4.69. The zero-order valence-electron chi connectivity index (χ0n) is 15.0. The highest BCUT2D eigenvalue weighted by Crippen LogP contribution is 2.42. The van der Waals surface area contributed by atoms with Crippen molar-refractivity contribution in [2.45, 2.75) is 78.0 Å². The summed E-state index contributed by atoms with van der Waals surface area (Å²) in [7, 11) is -0.986. The molecule has 0 aliphatic heterocycles. The van der Waals surface area contributed by atoms with E-state index in [1.54, 1.807) is 20.8 Å². The molecule has 1 aliphatic rings. The summed E-state index contributed by atoms with van der Waals surface area (Å²) in [6.07, 6.45) is 4.42. The van der Waals surface area contributed by atoms with Crippen molar-refractivity contribution in [2.75, 3.05) is 12.8 Å². The molecular weight excluding hydrogens is 282 g/mol. The molecule has 0 bridgehead atoms. The third-order valence-electron chi connectivity index (χ3n) is 5.44. The normalized spacial score (nSPS) is 28.6. The lowest BCUT2D eigenvalue weighted by Crippen LogP contribution is -2.46. The van der Waals surface area contributed by atoms with E-state index in [0.29, 0.717) is 17.7 Å². The van der Waals surface area contributed by atoms with Gasteiger partial charge in [0.15, 0.2) is 9.84 Å². The second kappa shape index (κ2) is 6.57. The fourth-order valence-electron chi connectivity index (χ4n) is 3.52. The van der Waals surface area contributed by atoms with Crippen molar-refractivity contribution in [3.63, 3.8) is 0 Å². The van der Waals surface area contributed by atoms with Crippen LogP contribution < -0.4 is 5.32 Å². The highest BCUT2D eigenvalue weighted by molar-refractivity contribution is 7.92. The molecule has 0 radical (unpaired) electrons. The van der Waals surface area contributed by atoms with Gasteiger partial charge in [0.05, 0.1) is 10.5 Å². The van der Waals surface area contributed by atoms with Crippen LogP contribution in [0.2, 0.25) is 0 Å². The molecule has 1 fully saturated rings. The maximum atomic E-state index is 12.4. The van der Waals surface area contributed by atoms with Crippen molar-refractivity contribution >= 4 is 9.84 Å². The second-order valence-electron chi connectivity index (χ2n) is 8.59. The van der Waals surface area contributed by atoms with Crippen molar-refractivity contribution < 1.29 is 8.42 Å².